The fraction of sp³-hybridized carbons (Fsp3) is 0.111. The summed E-state index contributed by atoms with van der Waals surface area (Å²) in [5, 5.41) is 0. The maximum Gasteiger partial charge on any atom is 0.308 e. The highest BCUT2D eigenvalue weighted by Gasteiger charge is 2.01. The van der Waals surface area contributed by atoms with E-state index in [1.807, 2.05) is 49.0 Å². The Bertz CT molecular complexity index is 248. The molecule has 1 aromatic rings. The lowest BCUT2D eigenvalue weighted by Crippen LogP contribution is -2.14. The van der Waals surface area contributed by atoms with Crippen molar-refractivity contribution in [3.63, 3.8) is 0 Å². The molecule has 0 fully saturated rings. The summed E-state index contributed by atoms with van der Waals surface area (Å²) in [4.78, 5) is 3.22. The summed E-state index contributed by atoms with van der Waals surface area (Å²) >= 11 is 6.02. The van der Waals surface area contributed by atoms with Gasteiger partial charge in [-0.05, 0) is 19.1 Å². The van der Waals surface area contributed by atoms with E-state index in [1.54, 1.807) is 0 Å². The lowest BCUT2D eigenvalue weighted by molar-refractivity contribution is 1.66. The number of hydrogen-bond acceptors (Lipinski definition) is 1. The van der Waals surface area contributed by atoms with Crippen molar-refractivity contribution in [1.82, 2.24) is 0 Å². The molecule has 12 heavy (non-hydrogen) atoms. The molecule has 0 aliphatic carbocycles. The van der Waals surface area contributed by atoms with Gasteiger partial charge in [-0.1, -0.05) is 30.0 Å². The van der Waals surface area contributed by atoms with Crippen LogP contribution < -0.4 is 4.98 Å². The highest BCUT2D eigenvalue weighted by Crippen LogP contribution is 2.07. The Balaban J connectivity index is 2.52. The van der Waals surface area contributed by atoms with Crippen LogP contribution in [0.5, 0.6) is 0 Å². The van der Waals surface area contributed by atoms with Gasteiger partial charge in [0, 0.05) is 5.69 Å². The van der Waals surface area contributed by atoms with Crippen molar-refractivity contribution in [2.24, 2.45) is 0 Å². The van der Waals surface area contributed by atoms with E-state index in [0.717, 1.165) is 5.69 Å². The van der Waals surface area contributed by atoms with Gasteiger partial charge in [0.15, 0.2) is 0 Å². The Hall–Kier alpha value is -0.733. The molecule has 1 radical (unpaired) electrons. The maximum atomic E-state index is 6.02. The summed E-state index contributed by atoms with van der Waals surface area (Å²) in [5.74, 6) is 0. The largest absolute Gasteiger partial charge is 0.395 e. The number of para-hydroxylation sites is 1. The van der Waals surface area contributed by atoms with Gasteiger partial charge in [0.2, 0.25) is 0 Å². The minimum atomic E-state index is -1.05. The standard InChI is InChI=1S/C9H11ClNSi/c1-2-8-12(10)11-9-6-4-3-5-7-9/h2-8,11H,1H3. The van der Waals surface area contributed by atoms with Crippen molar-refractivity contribution in [3.05, 3.63) is 42.1 Å². The predicted molar refractivity (Wildman–Crippen MR) is 56.5 cm³/mol. The quantitative estimate of drug-likeness (QED) is 0.579. The van der Waals surface area contributed by atoms with Gasteiger partial charge in [-0.3, -0.25) is 0 Å². The predicted octanol–water partition coefficient (Wildman–Crippen LogP) is 2.94. The van der Waals surface area contributed by atoms with Crippen LogP contribution in [0.2, 0.25) is 0 Å². The molecule has 63 valence electrons. The van der Waals surface area contributed by atoms with Gasteiger partial charge in [-0.25, -0.2) is 0 Å². The molecule has 1 nitrogen and oxygen atoms in total. The van der Waals surface area contributed by atoms with Crippen molar-refractivity contribution in [3.8, 4) is 0 Å². The molecule has 0 unspecified atom stereocenters. The Morgan fingerprint density at radius 3 is 2.58 bits per heavy atom. The number of halogens is 1. The van der Waals surface area contributed by atoms with E-state index in [0.29, 0.717) is 0 Å². The molecule has 1 aromatic carbocycles. The summed E-state index contributed by atoms with van der Waals surface area (Å²) in [7, 11) is -1.05. The highest BCUT2D eigenvalue weighted by molar-refractivity contribution is 7.11. The molecule has 1 N–H and O–H groups in total. The lowest BCUT2D eigenvalue weighted by atomic mass is 10.3. The van der Waals surface area contributed by atoms with Crippen LogP contribution in [0.3, 0.4) is 0 Å². The second kappa shape index (κ2) is 5.01. The zero-order chi connectivity index (χ0) is 8.81. The Morgan fingerprint density at radius 2 is 2.00 bits per heavy atom. The van der Waals surface area contributed by atoms with E-state index in [2.05, 4.69) is 4.98 Å². The first kappa shape index (κ1) is 9.36. The van der Waals surface area contributed by atoms with Crippen LogP contribution in [0.4, 0.5) is 5.69 Å². The highest BCUT2D eigenvalue weighted by atomic mass is 35.6. The third kappa shape index (κ3) is 3.11. The van der Waals surface area contributed by atoms with Crippen LogP contribution in [0.25, 0.3) is 0 Å². The van der Waals surface area contributed by atoms with Gasteiger partial charge in [0.1, 0.15) is 0 Å². The molecule has 0 saturated heterocycles. The molecule has 0 aliphatic heterocycles. The lowest BCUT2D eigenvalue weighted by Gasteiger charge is -2.05. The molecular formula is C9H11ClNSi. The minimum Gasteiger partial charge on any atom is -0.395 e. The number of nitrogens with one attached hydrogen (secondary N) is 1. The van der Waals surface area contributed by atoms with Crippen LogP contribution in [-0.2, 0) is 0 Å². The van der Waals surface area contributed by atoms with Crippen molar-refractivity contribution < 1.29 is 0 Å². The summed E-state index contributed by atoms with van der Waals surface area (Å²) in [6.45, 7) is 1.97. The molecule has 0 spiro atoms. The molecule has 1 rings (SSSR count). The summed E-state index contributed by atoms with van der Waals surface area (Å²) in [6, 6.07) is 9.99. The summed E-state index contributed by atoms with van der Waals surface area (Å²) in [5.41, 5.74) is 3.08. The number of benzene rings is 1. The molecule has 0 heterocycles. The van der Waals surface area contributed by atoms with E-state index in [9.17, 15) is 0 Å². The van der Waals surface area contributed by atoms with E-state index >= 15 is 0 Å². The average molecular weight is 197 g/mol. The van der Waals surface area contributed by atoms with Crippen molar-refractivity contribution >= 4 is 25.0 Å². The summed E-state index contributed by atoms with van der Waals surface area (Å²) in [6.07, 6.45) is 1.97. The topological polar surface area (TPSA) is 12.0 Å². The molecule has 0 amide bonds. The van der Waals surface area contributed by atoms with Crippen molar-refractivity contribution in [2.45, 2.75) is 6.92 Å². The molecule has 0 atom stereocenters. The van der Waals surface area contributed by atoms with E-state index in [-0.39, 0.29) is 0 Å². The SMILES string of the molecule is CC=C[Si](Cl)Nc1ccccc1. The molecular weight excluding hydrogens is 186 g/mol. The van der Waals surface area contributed by atoms with E-state index in [1.165, 1.54) is 0 Å². The average Bonchev–Trinajstić information content (AvgIpc) is 2.06. The summed E-state index contributed by atoms with van der Waals surface area (Å²) < 4.78 is 0. The first-order valence-electron chi connectivity index (χ1n) is 3.80. The monoisotopic (exact) mass is 196 g/mol. The number of rotatable bonds is 3. The maximum absolute atomic E-state index is 6.02. The van der Waals surface area contributed by atoms with Crippen LogP contribution in [0.1, 0.15) is 6.92 Å². The normalized spacial score (nSPS) is 10.9. The molecule has 0 bridgehead atoms. The van der Waals surface area contributed by atoms with Gasteiger partial charge >= 0.3 is 8.27 Å². The minimum absolute atomic E-state index is 1.05. The Kier molecular flexibility index (Phi) is 3.91. The van der Waals surface area contributed by atoms with Gasteiger partial charge in [0.25, 0.3) is 0 Å². The fourth-order valence-corrected chi connectivity index (χ4v) is 2.37. The Morgan fingerprint density at radius 1 is 1.33 bits per heavy atom. The van der Waals surface area contributed by atoms with Gasteiger partial charge in [0.05, 0.1) is 0 Å². The van der Waals surface area contributed by atoms with Crippen LogP contribution >= 0.6 is 11.1 Å². The second-order valence-corrected chi connectivity index (χ2v) is 4.84. The zero-order valence-corrected chi connectivity index (χ0v) is 8.68. The van der Waals surface area contributed by atoms with E-state index in [4.69, 9.17) is 11.1 Å². The third-order valence-electron chi connectivity index (χ3n) is 1.35. The zero-order valence-electron chi connectivity index (χ0n) is 6.92. The number of anilines is 1. The Labute approximate surface area is 79.5 Å². The van der Waals surface area contributed by atoms with Crippen molar-refractivity contribution in [2.75, 3.05) is 4.98 Å². The first-order valence-corrected chi connectivity index (χ1v) is 6.39. The number of allylic oxidation sites excluding steroid dienone is 1. The molecule has 0 saturated carbocycles. The van der Waals surface area contributed by atoms with Gasteiger partial charge < -0.3 is 4.98 Å². The molecule has 0 aliphatic rings. The van der Waals surface area contributed by atoms with Gasteiger partial charge in [-0.15, -0.1) is 11.1 Å². The smallest absolute Gasteiger partial charge is 0.308 e. The number of hydrogen-bond donors (Lipinski definition) is 1. The van der Waals surface area contributed by atoms with E-state index < -0.39 is 8.27 Å². The first-order chi connectivity index (χ1) is 5.83. The molecule has 3 heteroatoms. The van der Waals surface area contributed by atoms with Crippen LogP contribution in [-0.4, -0.2) is 8.27 Å². The van der Waals surface area contributed by atoms with Crippen LogP contribution in [0, 0.1) is 0 Å². The second-order valence-electron chi connectivity index (χ2n) is 2.34. The van der Waals surface area contributed by atoms with Crippen LogP contribution in [0.15, 0.2) is 42.1 Å². The fourth-order valence-electron chi connectivity index (χ4n) is 0.847. The van der Waals surface area contributed by atoms with Crippen molar-refractivity contribution in [1.29, 1.82) is 0 Å². The molecule has 0 aromatic heterocycles. The van der Waals surface area contributed by atoms with Gasteiger partial charge in [-0.2, -0.15) is 0 Å². The third-order valence-corrected chi connectivity index (χ3v) is 3.17.